The summed E-state index contributed by atoms with van der Waals surface area (Å²) in [6, 6.07) is 18.5. The largest absolute Gasteiger partial charge is 0.508 e. The summed E-state index contributed by atoms with van der Waals surface area (Å²) in [7, 11) is 3.26. The van der Waals surface area contributed by atoms with Gasteiger partial charge < -0.3 is 24.6 Å². The van der Waals surface area contributed by atoms with Crippen LogP contribution in [0.25, 0.3) is 0 Å². The van der Waals surface area contributed by atoms with Crippen LogP contribution in [0.2, 0.25) is 0 Å². The van der Waals surface area contributed by atoms with E-state index in [-0.39, 0.29) is 48.7 Å². The van der Waals surface area contributed by atoms with Crippen molar-refractivity contribution in [2.75, 3.05) is 24.0 Å². The summed E-state index contributed by atoms with van der Waals surface area (Å²) >= 11 is 0. The van der Waals surface area contributed by atoms with Gasteiger partial charge in [0.1, 0.15) is 23.0 Å². The number of amides is 2. The summed E-state index contributed by atoms with van der Waals surface area (Å²) < 4.78 is 10.9. The zero-order valence-electron chi connectivity index (χ0n) is 29.1. The van der Waals surface area contributed by atoms with E-state index in [0.29, 0.717) is 5.57 Å². The first-order chi connectivity index (χ1) is 22.7. The van der Waals surface area contributed by atoms with Crippen LogP contribution in [0.1, 0.15) is 70.9 Å². The molecule has 0 bridgehead atoms. The van der Waals surface area contributed by atoms with Crippen LogP contribution in [0.5, 0.6) is 23.0 Å². The average Bonchev–Trinajstić information content (AvgIpc) is 3.07. The van der Waals surface area contributed by atoms with Gasteiger partial charge in [-0.2, -0.15) is 0 Å². The highest BCUT2D eigenvalue weighted by atomic mass is 16.5. The lowest BCUT2D eigenvalue weighted by atomic mass is 9.82. The first kappa shape index (κ1) is 36.6. The Labute approximate surface area is 290 Å². The molecule has 4 aromatic rings. The Hall–Kier alpha value is -5.24. The Bertz CT molecular complexity index is 1950. The molecular weight excluding hydrogens is 616 g/mol. The highest BCUT2D eigenvalue weighted by Crippen LogP contribution is 2.46. The summed E-state index contributed by atoms with van der Waals surface area (Å²) in [5, 5.41) is 20.0. The third kappa shape index (κ3) is 6.47. The number of aromatic hydroxyl groups is 2. The summed E-state index contributed by atoms with van der Waals surface area (Å²) in [5.41, 5.74) is 9.83. The van der Waals surface area contributed by atoms with Crippen molar-refractivity contribution in [3.8, 4) is 23.0 Å². The van der Waals surface area contributed by atoms with E-state index in [1.54, 1.807) is 36.2 Å². The highest BCUT2D eigenvalue weighted by molar-refractivity contribution is 6.15. The SMILES string of the molecule is C.C=C1C(=O)N(c2cc(C)c(C)c(OC)c2)[C@H]1c1ccc(C)c(O)c1.COc1cc(N2C(=O)[C@H](C)[C@@H]2c2ccc(C)c(O)c2)cc(C)c1C. The van der Waals surface area contributed by atoms with Gasteiger partial charge in [0.2, 0.25) is 5.91 Å². The zero-order chi connectivity index (χ0) is 35.2. The van der Waals surface area contributed by atoms with Crippen molar-refractivity contribution in [3.05, 3.63) is 117 Å². The van der Waals surface area contributed by atoms with Crippen molar-refractivity contribution >= 4 is 23.2 Å². The minimum atomic E-state index is -0.268. The second-order valence-electron chi connectivity index (χ2n) is 12.8. The molecule has 258 valence electrons. The Morgan fingerprint density at radius 1 is 0.653 bits per heavy atom. The molecule has 2 aliphatic heterocycles. The molecule has 0 aliphatic carbocycles. The van der Waals surface area contributed by atoms with Gasteiger partial charge in [-0.3, -0.25) is 14.5 Å². The number of anilines is 2. The normalized spacial score (nSPS) is 18.1. The summed E-state index contributed by atoms with van der Waals surface area (Å²) in [6.45, 7) is 17.5. The summed E-state index contributed by atoms with van der Waals surface area (Å²) in [6.07, 6.45) is 0. The quantitative estimate of drug-likeness (QED) is 0.158. The molecule has 0 spiro atoms. The first-order valence-electron chi connectivity index (χ1n) is 15.9. The molecular formula is C41H48N2O6. The Morgan fingerprint density at radius 2 is 1.10 bits per heavy atom. The van der Waals surface area contributed by atoms with E-state index in [0.717, 1.165) is 67.4 Å². The lowest BCUT2D eigenvalue weighted by molar-refractivity contribution is -0.129. The van der Waals surface area contributed by atoms with Crippen LogP contribution in [-0.2, 0) is 9.59 Å². The number of hydrogen-bond donors (Lipinski definition) is 2. The molecule has 2 aliphatic rings. The number of carbonyl (C=O) groups excluding carboxylic acids is 2. The molecule has 2 N–H and O–H groups in total. The topological polar surface area (TPSA) is 99.5 Å². The predicted octanol–water partition coefficient (Wildman–Crippen LogP) is 8.66. The lowest BCUT2D eigenvalue weighted by Gasteiger charge is -2.46. The number of β-lactam (4-membered cyclic amide) rings is 2. The van der Waals surface area contributed by atoms with Crippen LogP contribution in [0.3, 0.4) is 0 Å². The fourth-order valence-electron chi connectivity index (χ4n) is 6.38. The second kappa shape index (κ2) is 14.1. The van der Waals surface area contributed by atoms with Gasteiger partial charge in [0, 0.05) is 29.1 Å². The molecule has 8 nitrogen and oxygen atoms in total. The van der Waals surface area contributed by atoms with Crippen molar-refractivity contribution in [1.29, 1.82) is 0 Å². The van der Waals surface area contributed by atoms with Gasteiger partial charge in [0.25, 0.3) is 5.91 Å². The predicted molar refractivity (Wildman–Crippen MR) is 196 cm³/mol. The van der Waals surface area contributed by atoms with E-state index in [4.69, 9.17) is 9.47 Å². The van der Waals surface area contributed by atoms with Crippen LogP contribution in [0.15, 0.2) is 72.8 Å². The van der Waals surface area contributed by atoms with Crippen molar-refractivity contribution < 1.29 is 29.3 Å². The molecule has 2 heterocycles. The second-order valence-corrected chi connectivity index (χ2v) is 12.8. The van der Waals surface area contributed by atoms with Crippen LogP contribution < -0.4 is 19.3 Å². The number of methoxy groups -OCH3 is 2. The first-order valence-corrected chi connectivity index (χ1v) is 15.9. The van der Waals surface area contributed by atoms with E-state index in [2.05, 4.69) is 6.58 Å². The van der Waals surface area contributed by atoms with Crippen LogP contribution in [0, 0.1) is 47.5 Å². The van der Waals surface area contributed by atoms with Crippen molar-refractivity contribution in [2.45, 2.75) is 68.0 Å². The van der Waals surface area contributed by atoms with E-state index < -0.39 is 0 Å². The van der Waals surface area contributed by atoms with Crippen LogP contribution in [0.4, 0.5) is 11.4 Å². The average molecular weight is 665 g/mol. The van der Waals surface area contributed by atoms with E-state index in [1.165, 1.54) is 0 Å². The Kier molecular flexibility index (Phi) is 10.5. The molecule has 4 aromatic carbocycles. The molecule has 49 heavy (non-hydrogen) atoms. The smallest absolute Gasteiger partial charge is 0.256 e. The van der Waals surface area contributed by atoms with Gasteiger partial charge in [-0.05, 0) is 110 Å². The van der Waals surface area contributed by atoms with Gasteiger partial charge in [0.15, 0.2) is 0 Å². The fourth-order valence-corrected chi connectivity index (χ4v) is 6.38. The number of hydrogen-bond acceptors (Lipinski definition) is 6. The van der Waals surface area contributed by atoms with E-state index >= 15 is 0 Å². The fraction of sp³-hybridized carbons (Fsp3) is 0.317. The molecule has 2 saturated heterocycles. The van der Waals surface area contributed by atoms with Crippen molar-refractivity contribution in [3.63, 3.8) is 0 Å². The molecule has 0 radical (unpaired) electrons. The van der Waals surface area contributed by atoms with Crippen molar-refractivity contribution in [2.24, 2.45) is 5.92 Å². The van der Waals surface area contributed by atoms with E-state index in [9.17, 15) is 19.8 Å². The number of nitrogens with zero attached hydrogens (tertiary/aromatic N) is 2. The Morgan fingerprint density at radius 3 is 1.57 bits per heavy atom. The molecule has 2 amide bonds. The highest BCUT2D eigenvalue weighted by Gasteiger charge is 2.46. The summed E-state index contributed by atoms with van der Waals surface area (Å²) in [4.78, 5) is 28.4. The van der Waals surface area contributed by atoms with Gasteiger partial charge in [-0.25, -0.2) is 0 Å². The number of carbonyl (C=O) groups is 2. The zero-order valence-corrected chi connectivity index (χ0v) is 29.1. The molecule has 0 aromatic heterocycles. The number of rotatable bonds is 6. The number of aryl methyl sites for hydroxylation is 4. The monoisotopic (exact) mass is 664 g/mol. The van der Waals surface area contributed by atoms with Gasteiger partial charge >= 0.3 is 0 Å². The molecule has 0 saturated carbocycles. The maximum Gasteiger partial charge on any atom is 0.256 e. The Balaban J connectivity index is 0.000000216. The van der Waals surface area contributed by atoms with Crippen LogP contribution in [-0.4, -0.2) is 36.2 Å². The lowest BCUT2D eigenvalue weighted by Crippen LogP contribution is -2.54. The summed E-state index contributed by atoms with van der Waals surface area (Å²) in [5.74, 6) is 1.88. The van der Waals surface area contributed by atoms with Gasteiger partial charge in [-0.15, -0.1) is 0 Å². The van der Waals surface area contributed by atoms with Crippen molar-refractivity contribution in [1.82, 2.24) is 0 Å². The third-order valence-electron chi connectivity index (χ3n) is 9.79. The van der Waals surface area contributed by atoms with E-state index in [1.807, 2.05) is 97.0 Å². The minimum Gasteiger partial charge on any atom is -0.508 e. The number of benzene rings is 4. The molecule has 8 heteroatoms. The maximum absolute atomic E-state index is 12.5. The van der Waals surface area contributed by atoms with Gasteiger partial charge in [0.05, 0.1) is 32.2 Å². The molecule has 0 unspecified atom stereocenters. The third-order valence-corrected chi connectivity index (χ3v) is 9.79. The number of phenolic OH excluding ortho intramolecular Hbond substituents is 2. The standard InChI is InChI=1S/C20H23NO3.C20H21NO3.CH4/c2*1-11-6-7-15(9-17(11)22)19-14(4)20(23)21(19)16-8-12(2)13(3)18(10-16)24-5;/h6-10,14,19,22H,1-5H3;6-10,19,22H,4H2,1-3,5H3;1H4/t14-,19-;19-;/m11./s1. The van der Waals surface area contributed by atoms with Gasteiger partial charge in [-0.1, -0.05) is 45.2 Å². The van der Waals surface area contributed by atoms with Crippen LogP contribution >= 0.6 is 0 Å². The maximum atomic E-state index is 12.5. The minimum absolute atomic E-state index is 0. The molecule has 3 atom stereocenters. The molecule has 2 fully saturated rings. The number of phenols is 2. The molecule has 6 rings (SSSR count). The number of ether oxygens (including phenoxy) is 2.